The summed E-state index contributed by atoms with van der Waals surface area (Å²) in [5.74, 6) is -0.801. The maximum atomic E-state index is 5.85. The zero-order chi connectivity index (χ0) is 19.6. The van der Waals surface area contributed by atoms with Gasteiger partial charge in [-0.1, -0.05) is 18.2 Å². The lowest BCUT2D eigenvalue weighted by molar-refractivity contribution is 0.462. The molecule has 2 aromatic heterocycles. The highest BCUT2D eigenvalue weighted by Gasteiger charge is 2.24. The van der Waals surface area contributed by atoms with E-state index >= 15 is 0 Å². The number of hydrogen-bond donors (Lipinski definition) is 6. The maximum absolute atomic E-state index is 5.85. The van der Waals surface area contributed by atoms with Crippen LogP contribution in [0, 0.1) is 6.92 Å². The molecule has 142 valence electrons. The van der Waals surface area contributed by atoms with Gasteiger partial charge in [0.2, 0.25) is 0 Å². The third-order valence-corrected chi connectivity index (χ3v) is 4.22. The molecule has 0 saturated carbocycles. The Labute approximate surface area is 157 Å². The van der Waals surface area contributed by atoms with Crippen LogP contribution in [0.5, 0.6) is 0 Å². The summed E-state index contributed by atoms with van der Waals surface area (Å²) in [6.07, 6.45) is 1.77. The number of nitrogens with zero attached hydrogens (tertiary/aromatic N) is 3. The molecule has 9 heteroatoms. The van der Waals surface area contributed by atoms with E-state index in [1.165, 1.54) is 0 Å². The maximum Gasteiger partial charge on any atom is 0.162 e. The predicted octanol–water partition coefficient (Wildman–Crippen LogP) is 0.796. The Balaban J connectivity index is 2.03. The zero-order valence-electron chi connectivity index (χ0n) is 15.2. The molecule has 0 radical (unpaired) electrons. The van der Waals surface area contributed by atoms with Crippen molar-refractivity contribution in [3.63, 3.8) is 0 Å². The molecule has 0 saturated heterocycles. The van der Waals surface area contributed by atoms with Crippen LogP contribution in [0.25, 0.3) is 11.4 Å². The molecule has 3 aromatic rings. The lowest BCUT2D eigenvalue weighted by atomic mass is 10.1. The number of nitrogens with two attached hydrogens (primary N) is 4. The number of anilines is 2. The van der Waals surface area contributed by atoms with Crippen LogP contribution in [-0.2, 0) is 12.3 Å². The van der Waals surface area contributed by atoms with Gasteiger partial charge in [0.1, 0.15) is 5.69 Å². The van der Waals surface area contributed by atoms with E-state index in [-0.39, 0.29) is 0 Å². The minimum absolute atomic E-state index is 0.377. The number of aromatic amines is 1. The standard InChI is InChI=1S/C18H25N9/c1-3-8-23-17-11(2)16(24-25-17)14-9-15(18(20,21)22)26-27(14)10-12-4-6-13(19)7-5-12/h3-7,9H,1,8,10,19-22H2,2H3,(H2,23,24,25). The first-order chi connectivity index (χ1) is 12.8. The number of rotatable bonds is 7. The minimum Gasteiger partial charge on any atom is -0.399 e. The van der Waals surface area contributed by atoms with Gasteiger partial charge in [0.25, 0.3) is 0 Å². The zero-order valence-corrected chi connectivity index (χ0v) is 15.2. The molecule has 0 atom stereocenters. The molecule has 0 spiro atoms. The summed E-state index contributed by atoms with van der Waals surface area (Å²) in [5.41, 5.74) is 28.0. The SMILES string of the molecule is C=CCNc1n[nH]c(-c2cc(C(N)(N)N)nn2Cc2ccc(N)cc2)c1C. The van der Waals surface area contributed by atoms with Gasteiger partial charge in [-0.15, -0.1) is 6.58 Å². The van der Waals surface area contributed by atoms with Crippen LogP contribution < -0.4 is 28.3 Å². The topological polar surface area (TPSA) is 163 Å². The van der Waals surface area contributed by atoms with Crippen molar-refractivity contribution in [2.75, 3.05) is 17.6 Å². The van der Waals surface area contributed by atoms with Gasteiger partial charge in [-0.2, -0.15) is 10.2 Å². The quantitative estimate of drug-likeness (QED) is 0.204. The molecule has 0 amide bonds. The molecular formula is C18H25N9. The number of nitrogens with one attached hydrogen (secondary N) is 2. The van der Waals surface area contributed by atoms with Crippen LogP contribution in [-0.4, -0.2) is 26.5 Å². The van der Waals surface area contributed by atoms with Crippen LogP contribution in [0.15, 0.2) is 43.0 Å². The fraction of sp³-hybridized carbons (Fsp3) is 0.222. The van der Waals surface area contributed by atoms with Crippen molar-refractivity contribution in [3.05, 3.63) is 59.8 Å². The second-order valence-corrected chi connectivity index (χ2v) is 6.49. The Morgan fingerprint density at radius 1 is 1.26 bits per heavy atom. The van der Waals surface area contributed by atoms with Crippen molar-refractivity contribution in [1.29, 1.82) is 0 Å². The minimum atomic E-state index is -1.54. The van der Waals surface area contributed by atoms with Gasteiger partial charge in [-0.3, -0.25) is 27.0 Å². The van der Waals surface area contributed by atoms with Crippen molar-refractivity contribution in [2.45, 2.75) is 19.3 Å². The molecule has 10 N–H and O–H groups in total. The van der Waals surface area contributed by atoms with Crippen LogP contribution in [0.1, 0.15) is 16.8 Å². The van der Waals surface area contributed by atoms with Gasteiger partial charge in [0, 0.05) is 17.8 Å². The fourth-order valence-corrected chi connectivity index (χ4v) is 2.73. The summed E-state index contributed by atoms with van der Waals surface area (Å²) in [6, 6.07) is 9.35. The smallest absolute Gasteiger partial charge is 0.162 e. The molecule has 9 nitrogen and oxygen atoms in total. The first-order valence-electron chi connectivity index (χ1n) is 8.49. The van der Waals surface area contributed by atoms with Gasteiger partial charge in [0.05, 0.1) is 17.9 Å². The Morgan fingerprint density at radius 3 is 2.59 bits per heavy atom. The van der Waals surface area contributed by atoms with Gasteiger partial charge in [-0.05, 0) is 30.7 Å². The normalized spacial score (nSPS) is 11.6. The summed E-state index contributed by atoms with van der Waals surface area (Å²) in [5, 5.41) is 15.1. The highest BCUT2D eigenvalue weighted by atomic mass is 15.3. The summed E-state index contributed by atoms with van der Waals surface area (Å²) in [4.78, 5) is 0. The van der Waals surface area contributed by atoms with Gasteiger partial charge in [0.15, 0.2) is 11.6 Å². The van der Waals surface area contributed by atoms with Crippen molar-refractivity contribution in [2.24, 2.45) is 17.2 Å². The van der Waals surface area contributed by atoms with E-state index in [0.29, 0.717) is 24.5 Å². The number of nitrogen functional groups attached to an aromatic ring is 1. The lowest BCUT2D eigenvalue weighted by Crippen LogP contribution is -2.54. The number of aromatic nitrogens is 4. The van der Waals surface area contributed by atoms with Gasteiger partial charge in [-0.25, -0.2) is 0 Å². The lowest BCUT2D eigenvalue weighted by Gasteiger charge is -2.14. The molecule has 0 unspecified atom stereocenters. The molecule has 0 aliphatic carbocycles. The van der Waals surface area contributed by atoms with E-state index in [1.54, 1.807) is 16.8 Å². The van der Waals surface area contributed by atoms with E-state index in [9.17, 15) is 0 Å². The summed E-state index contributed by atoms with van der Waals surface area (Å²) in [6.45, 7) is 6.78. The Hall–Kier alpha value is -3.14. The molecule has 0 aliphatic heterocycles. The van der Waals surface area contributed by atoms with Crippen LogP contribution in [0.3, 0.4) is 0 Å². The van der Waals surface area contributed by atoms with Crippen molar-refractivity contribution in [1.82, 2.24) is 20.0 Å². The first kappa shape index (κ1) is 18.6. The Bertz CT molecular complexity index is 929. The second-order valence-electron chi connectivity index (χ2n) is 6.49. The van der Waals surface area contributed by atoms with Gasteiger partial charge >= 0.3 is 0 Å². The highest BCUT2D eigenvalue weighted by Crippen LogP contribution is 2.28. The number of benzene rings is 1. The predicted molar refractivity (Wildman–Crippen MR) is 107 cm³/mol. The average molecular weight is 367 g/mol. The van der Waals surface area contributed by atoms with E-state index in [0.717, 1.165) is 28.3 Å². The molecule has 1 aromatic carbocycles. The van der Waals surface area contributed by atoms with E-state index in [1.807, 2.05) is 31.2 Å². The number of H-pyrrole nitrogens is 1. The number of hydrogen-bond acceptors (Lipinski definition) is 7. The Morgan fingerprint density at radius 2 is 1.96 bits per heavy atom. The van der Waals surface area contributed by atoms with Crippen molar-refractivity contribution >= 4 is 11.5 Å². The molecule has 2 heterocycles. The fourth-order valence-electron chi connectivity index (χ4n) is 2.73. The molecule has 0 aliphatic rings. The summed E-state index contributed by atoms with van der Waals surface area (Å²) >= 11 is 0. The Kier molecular flexibility index (Phi) is 5.00. The van der Waals surface area contributed by atoms with Crippen molar-refractivity contribution < 1.29 is 0 Å². The first-order valence-corrected chi connectivity index (χ1v) is 8.49. The van der Waals surface area contributed by atoms with Crippen LogP contribution in [0.4, 0.5) is 11.5 Å². The third kappa shape index (κ3) is 4.00. The van der Waals surface area contributed by atoms with Crippen LogP contribution >= 0.6 is 0 Å². The third-order valence-electron chi connectivity index (χ3n) is 4.22. The van der Waals surface area contributed by atoms with E-state index in [4.69, 9.17) is 22.9 Å². The average Bonchev–Trinajstić information content (AvgIpc) is 3.18. The summed E-state index contributed by atoms with van der Waals surface area (Å²) < 4.78 is 1.79. The van der Waals surface area contributed by atoms with Crippen LogP contribution in [0.2, 0.25) is 0 Å². The largest absolute Gasteiger partial charge is 0.399 e. The van der Waals surface area contributed by atoms with E-state index in [2.05, 4.69) is 27.2 Å². The molecule has 0 fully saturated rings. The van der Waals surface area contributed by atoms with Crippen molar-refractivity contribution in [3.8, 4) is 11.4 Å². The van der Waals surface area contributed by atoms with E-state index < -0.39 is 5.79 Å². The molecule has 0 bridgehead atoms. The second kappa shape index (κ2) is 7.23. The van der Waals surface area contributed by atoms with Gasteiger partial charge < -0.3 is 11.1 Å². The highest BCUT2D eigenvalue weighted by molar-refractivity contribution is 5.66. The monoisotopic (exact) mass is 367 g/mol. The molecule has 3 rings (SSSR count). The summed E-state index contributed by atoms with van der Waals surface area (Å²) in [7, 11) is 0. The molecular weight excluding hydrogens is 342 g/mol. The molecule has 27 heavy (non-hydrogen) atoms.